The van der Waals surface area contributed by atoms with E-state index < -0.39 is 0 Å². The number of hydrogen-bond acceptors (Lipinski definition) is 3. The fraction of sp³-hybridized carbons (Fsp3) is 0.176. The molecule has 0 bridgehead atoms. The lowest BCUT2D eigenvalue weighted by atomic mass is 10.1. The minimum absolute atomic E-state index is 0.133. The maximum absolute atomic E-state index is 12.3. The minimum Gasteiger partial charge on any atom is -0.392 e. The van der Waals surface area contributed by atoms with Crippen molar-refractivity contribution >= 4 is 22.5 Å². The Hall–Kier alpha value is -2.66. The van der Waals surface area contributed by atoms with E-state index in [0.717, 1.165) is 22.0 Å². The van der Waals surface area contributed by atoms with Crippen molar-refractivity contribution < 1.29 is 9.90 Å². The molecule has 0 aliphatic rings. The van der Waals surface area contributed by atoms with Crippen molar-refractivity contribution in [2.24, 2.45) is 0 Å². The number of carbonyl (C=O) groups is 1. The summed E-state index contributed by atoms with van der Waals surface area (Å²) in [7, 11) is 0. The maximum atomic E-state index is 12.3. The number of aliphatic hydroxyl groups excluding tert-OH is 1. The number of aromatic nitrogens is 2. The van der Waals surface area contributed by atoms with Gasteiger partial charge in [0, 0.05) is 28.9 Å². The van der Waals surface area contributed by atoms with E-state index in [9.17, 15) is 9.90 Å². The summed E-state index contributed by atoms with van der Waals surface area (Å²) in [6.07, 6.45) is 5.27. The Balaban J connectivity index is 1.82. The summed E-state index contributed by atoms with van der Waals surface area (Å²) in [6, 6.07) is 7.70. The Morgan fingerprint density at radius 1 is 1.32 bits per heavy atom. The smallest absolute Gasteiger partial charge is 0.228 e. The third-order valence-electron chi connectivity index (χ3n) is 3.70. The second kappa shape index (κ2) is 5.99. The molecular formula is C17H17N3O2. The Labute approximate surface area is 128 Å². The number of anilines is 1. The summed E-state index contributed by atoms with van der Waals surface area (Å²) < 4.78 is 0. The van der Waals surface area contributed by atoms with Crippen LogP contribution < -0.4 is 5.32 Å². The number of pyridine rings is 1. The predicted molar refractivity (Wildman–Crippen MR) is 85.5 cm³/mol. The van der Waals surface area contributed by atoms with Crippen molar-refractivity contribution in [2.45, 2.75) is 20.0 Å². The van der Waals surface area contributed by atoms with E-state index in [1.807, 2.05) is 31.3 Å². The number of hydrogen-bond donors (Lipinski definition) is 3. The summed E-state index contributed by atoms with van der Waals surface area (Å²) in [5.74, 6) is -0.133. The normalized spacial score (nSPS) is 10.8. The first-order valence-electron chi connectivity index (χ1n) is 7.08. The van der Waals surface area contributed by atoms with Gasteiger partial charge < -0.3 is 15.4 Å². The molecule has 2 heterocycles. The monoisotopic (exact) mass is 295 g/mol. The SMILES string of the molecule is Cc1cccc2[nH]cc(CC(=O)Nc3cnccc3CO)c12. The molecule has 0 unspecified atom stereocenters. The minimum atomic E-state index is -0.135. The number of H-pyrrole nitrogens is 1. The summed E-state index contributed by atoms with van der Waals surface area (Å²) in [5.41, 5.74) is 4.32. The van der Waals surface area contributed by atoms with Gasteiger partial charge in [-0.05, 0) is 30.2 Å². The molecule has 2 aromatic heterocycles. The number of aromatic amines is 1. The first-order chi connectivity index (χ1) is 10.7. The number of fused-ring (bicyclic) bond motifs is 1. The van der Waals surface area contributed by atoms with Crippen molar-refractivity contribution in [2.75, 3.05) is 5.32 Å². The van der Waals surface area contributed by atoms with Crippen LogP contribution in [0.25, 0.3) is 10.9 Å². The average molecular weight is 295 g/mol. The topological polar surface area (TPSA) is 78.0 Å². The fourth-order valence-electron chi connectivity index (χ4n) is 2.63. The van der Waals surface area contributed by atoms with Gasteiger partial charge in [-0.15, -0.1) is 0 Å². The Morgan fingerprint density at radius 3 is 3.00 bits per heavy atom. The number of benzene rings is 1. The quantitative estimate of drug-likeness (QED) is 0.692. The highest BCUT2D eigenvalue weighted by atomic mass is 16.3. The largest absolute Gasteiger partial charge is 0.392 e. The summed E-state index contributed by atoms with van der Waals surface area (Å²) in [4.78, 5) is 19.4. The molecule has 0 fully saturated rings. The van der Waals surface area contributed by atoms with E-state index in [4.69, 9.17) is 0 Å². The van der Waals surface area contributed by atoms with Crippen LogP contribution in [0.4, 0.5) is 5.69 Å². The molecule has 3 N–H and O–H groups in total. The molecule has 0 spiro atoms. The lowest BCUT2D eigenvalue weighted by Gasteiger charge is -2.08. The molecule has 1 aromatic carbocycles. The first kappa shape index (κ1) is 14.3. The second-order valence-corrected chi connectivity index (χ2v) is 5.23. The summed E-state index contributed by atoms with van der Waals surface area (Å²) in [5, 5.41) is 13.2. The van der Waals surface area contributed by atoms with Gasteiger partial charge in [0.1, 0.15) is 0 Å². The van der Waals surface area contributed by atoms with Crippen LogP contribution in [0.3, 0.4) is 0 Å². The van der Waals surface area contributed by atoms with Gasteiger partial charge in [-0.2, -0.15) is 0 Å². The molecule has 0 saturated carbocycles. The van der Waals surface area contributed by atoms with Crippen LogP contribution in [0.2, 0.25) is 0 Å². The van der Waals surface area contributed by atoms with Crippen LogP contribution in [0, 0.1) is 6.92 Å². The van der Waals surface area contributed by atoms with Gasteiger partial charge in [-0.25, -0.2) is 0 Å². The number of nitrogens with zero attached hydrogens (tertiary/aromatic N) is 1. The number of aliphatic hydroxyl groups is 1. The molecule has 22 heavy (non-hydrogen) atoms. The summed E-state index contributed by atoms with van der Waals surface area (Å²) in [6.45, 7) is 1.90. The van der Waals surface area contributed by atoms with E-state index in [2.05, 4.69) is 15.3 Å². The van der Waals surface area contributed by atoms with Gasteiger partial charge in [-0.3, -0.25) is 9.78 Å². The maximum Gasteiger partial charge on any atom is 0.228 e. The molecule has 5 nitrogen and oxygen atoms in total. The second-order valence-electron chi connectivity index (χ2n) is 5.23. The highest BCUT2D eigenvalue weighted by molar-refractivity contribution is 5.96. The van der Waals surface area contributed by atoms with Crippen LogP contribution in [-0.4, -0.2) is 21.0 Å². The number of nitrogens with one attached hydrogen (secondary N) is 2. The zero-order valence-electron chi connectivity index (χ0n) is 12.3. The molecule has 3 aromatic rings. The van der Waals surface area contributed by atoms with Crippen molar-refractivity contribution in [1.82, 2.24) is 9.97 Å². The van der Waals surface area contributed by atoms with Crippen LogP contribution in [0.5, 0.6) is 0 Å². The Kier molecular flexibility index (Phi) is 3.89. The third-order valence-corrected chi connectivity index (χ3v) is 3.70. The van der Waals surface area contributed by atoms with Crippen LogP contribution in [0.1, 0.15) is 16.7 Å². The van der Waals surface area contributed by atoms with Crippen molar-refractivity contribution in [3.63, 3.8) is 0 Å². The number of carbonyl (C=O) groups excluding carboxylic acids is 1. The van der Waals surface area contributed by atoms with E-state index in [-0.39, 0.29) is 18.9 Å². The van der Waals surface area contributed by atoms with Gasteiger partial charge in [0.05, 0.1) is 24.9 Å². The highest BCUT2D eigenvalue weighted by Gasteiger charge is 2.12. The molecule has 0 aliphatic carbocycles. The van der Waals surface area contributed by atoms with Crippen molar-refractivity contribution in [3.05, 3.63) is 59.5 Å². The molecule has 0 radical (unpaired) electrons. The van der Waals surface area contributed by atoms with Gasteiger partial charge in [0.15, 0.2) is 0 Å². The molecular weight excluding hydrogens is 278 g/mol. The number of rotatable bonds is 4. The Bertz CT molecular complexity index is 824. The first-order valence-corrected chi connectivity index (χ1v) is 7.08. The van der Waals surface area contributed by atoms with E-state index >= 15 is 0 Å². The highest BCUT2D eigenvalue weighted by Crippen LogP contribution is 2.23. The molecule has 0 saturated heterocycles. The van der Waals surface area contributed by atoms with E-state index in [1.165, 1.54) is 0 Å². The predicted octanol–water partition coefficient (Wildman–Crippen LogP) is 2.54. The summed E-state index contributed by atoms with van der Waals surface area (Å²) >= 11 is 0. The standard InChI is InChI=1S/C17H17N3O2/c1-11-3-2-4-14-17(11)13(8-19-14)7-16(22)20-15-9-18-6-5-12(15)10-21/h2-6,8-9,19,21H,7,10H2,1H3,(H,20,22). The molecule has 112 valence electrons. The molecule has 0 aliphatic heterocycles. The van der Waals surface area contributed by atoms with Gasteiger partial charge in [0.25, 0.3) is 0 Å². The Morgan fingerprint density at radius 2 is 2.18 bits per heavy atom. The average Bonchev–Trinajstić information content (AvgIpc) is 2.92. The molecule has 0 atom stereocenters. The van der Waals surface area contributed by atoms with E-state index in [1.54, 1.807) is 18.5 Å². The van der Waals surface area contributed by atoms with Crippen molar-refractivity contribution in [1.29, 1.82) is 0 Å². The zero-order valence-corrected chi connectivity index (χ0v) is 12.3. The van der Waals surface area contributed by atoms with Gasteiger partial charge in [-0.1, -0.05) is 12.1 Å². The zero-order chi connectivity index (χ0) is 15.5. The number of amides is 1. The molecule has 1 amide bonds. The van der Waals surface area contributed by atoms with E-state index in [0.29, 0.717) is 11.3 Å². The fourth-order valence-corrected chi connectivity index (χ4v) is 2.63. The number of aryl methyl sites for hydroxylation is 1. The van der Waals surface area contributed by atoms with Gasteiger partial charge in [0.2, 0.25) is 5.91 Å². The van der Waals surface area contributed by atoms with Crippen LogP contribution >= 0.6 is 0 Å². The lowest BCUT2D eigenvalue weighted by Crippen LogP contribution is -2.15. The molecule has 5 heteroatoms. The molecule has 3 rings (SSSR count). The van der Waals surface area contributed by atoms with Crippen LogP contribution in [-0.2, 0) is 17.8 Å². The van der Waals surface area contributed by atoms with Crippen molar-refractivity contribution in [3.8, 4) is 0 Å². The third kappa shape index (κ3) is 2.71. The van der Waals surface area contributed by atoms with Crippen LogP contribution in [0.15, 0.2) is 42.9 Å². The lowest BCUT2D eigenvalue weighted by molar-refractivity contribution is -0.115. The van der Waals surface area contributed by atoms with Gasteiger partial charge >= 0.3 is 0 Å².